The molecule has 0 unspecified atom stereocenters. The van der Waals surface area contributed by atoms with Crippen LogP contribution in [-0.2, 0) is 13.1 Å². The average molecular weight is 293 g/mol. The zero-order valence-electron chi connectivity index (χ0n) is 10.6. The third kappa shape index (κ3) is 3.88. The first-order valence-electron chi connectivity index (χ1n) is 5.57. The highest BCUT2D eigenvalue weighted by atomic mass is 35.5. The first kappa shape index (κ1) is 15.3. The number of rotatable bonds is 6. The van der Waals surface area contributed by atoms with Crippen LogP contribution in [0.2, 0.25) is 5.02 Å². The lowest BCUT2D eigenvalue weighted by atomic mass is 10.2. The van der Waals surface area contributed by atoms with Gasteiger partial charge in [-0.15, -0.1) is 0 Å². The summed E-state index contributed by atoms with van der Waals surface area (Å²) in [6.45, 7) is 4.87. The number of carbonyl (C=O) groups excluding carboxylic acids is 1. The largest absolute Gasteiger partial charge is 0.465 e. The van der Waals surface area contributed by atoms with Gasteiger partial charge in [-0.2, -0.15) is 11.5 Å². The molecule has 0 aliphatic heterocycles. The van der Waals surface area contributed by atoms with Crippen molar-refractivity contribution in [1.29, 1.82) is 0 Å². The van der Waals surface area contributed by atoms with Gasteiger partial charge < -0.3 is 4.74 Å². The van der Waals surface area contributed by atoms with E-state index in [0.717, 1.165) is 4.90 Å². The first-order valence-corrected chi connectivity index (χ1v) is 7.13. The van der Waals surface area contributed by atoms with Crippen LogP contribution >= 0.6 is 23.1 Å². The number of hydrogen-bond acceptors (Lipinski definition) is 4. The minimum atomic E-state index is -1.20. The van der Waals surface area contributed by atoms with Gasteiger partial charge in [0.15, 0.2) is 0 Å². The quantitative estimate of drug-likeness (QED) is 0.645. The Hall–Kier alpha value is -0.750. The number of thiol groups is 1. The molecule has 1 rings (SSSR count). The van der Waals surface area contributed by atoms with Crippen LogP contribution in [0.3, 0.4) is 0 Å². The van der Waals surface area contributed by atoms with E-state index in [0.29, 0.717) is 23.8 Å². The molecule has 1 aromatic rings. The molecule has 6 heteroatoms. The minimum absolute atomic E-state index is 0.411. The summed E-state index contributed by atoms with van der Waals surface area (Å²) in [6.07, 6.45) is 0. The molecular formula is C12H17ClO4S. The Bertz CT molecular complexity index is 405. The van der Waals surface area contributed by atoms with Gasteiger partial charge >= 0.3 is 5.97 Å². The van der Waals surface area contributed by atoms with Gasteiger partial charge in [0.1, 0.15) is 0 Å². The predicted molar refractivity (Wildman–Crippen MR) is 73.3 cm³/mol. The number of carbonyl (C=O) groups is 1. The highest BCUT2D eigenvalue weighted by Gasteiger charge is 2.13. The van der Waals surface area contributed by atoms with Gasteiger partial charge in [-0.1, -0.05) is 11.6 Å². The Morgan fingerprint density at radius 3 is 2.33 bits per heavy atom. The van der Waals surface area contributed by atoms with E-state index in [1.54, 1.807) is 18.2 Å². The lowest BCUT2D eigenvalue weighted by molar-refractivity contribution is 0.0600. The van der Waals surface area contributed by atoms with E-state index in [-0.39, 0.29) is 0 Å². The van der Waals surface area contributed by atoms with Crippen molar-refractivity contribution in [2.24, 2.45) is 0 Å². The number of halogens is 1. The molecule has 0 heterocycles. The number of ether oxygens (including phenoxy) is 1. The maximum absolute atomic E-state index is 11.4. The molecule has 0 N–H and O–H groups in total. The van der Waals surface area contributed by atoms with Crippen molar-refractivity contribution in [2.75, 3.05) is 20.3 Å². The van der Waals surface area contributed by atoms with E-state index >= 15 is 0 Å². The number of hydrogen-bond donors (Lipinski definition) is 1. The molecule has 0 spiro atoms. The molecule has 0 aliphatic rings. The summed E-state index contributed by atoms with van der Waals surface area (Å²) < 4.78 is 15.7. The van der Waals surface area contributed by atoms with Gasteiger partial charge in [0.2, 0.25) is 0 Å². The summed E-state index contributed by atoms with van der Waals surface area (Å²) >= 11 is 4.95. The molecule has 0 amide bonds. The first-order chi connectivity index (χ1) is 8.63. The molecule has 0 bridgehead atoms. The van der Waals surface area contributed by atoms with Crippen molar-refractivity contribution in [1.82, 2.24) is 0 Å². The summed E-state index contributed by atoms with van der Waals surface area (Å²) in [5.74, 6) is -0.416. The Labute approximate surface area is 115 Å². The van der Waals surface area contributed by atoms with Gasteiger partial charge in [-0.25, -0.2) is 4.79 Å². The zero-order valence-corrected chi connectivity index (χ0v) is 12.3. The van der Waals surface area contributed by atoms with Crippen molar-refractivity contribution in [2.45, 2.75) is 18.7 Å². The average Bonchev–Trinajstić information content (AvgIpc) is 2.37. The molecule has 0 saturated carbocycles. The Morgan fingerprint density at radius 2 is 1.89 bits per heavy atom. The van der Waals surface area contributed by atoms with Crippen molar-refractivity contribution in [3.8, 4) is 0 Å². The van der Waals surface area contributed by atoms with Crippen molar-refractivity contribution in [3.63, 3.8) is 0 Å². The highest BCUT2D eigenvalue weighted by molar-refractivity contribution is 8.08. The molecule has 1 aromatic carbocycles. The monoisotopic (exact) mass is 292 g/mol. The van der Waals surface area contributed by atoms with Gasteiger partial charge in [-0.05, 0) is 32.0 Å². The van der Waals surface area contributed by atoms with E-state index < -0.39 is 17.4 Å². The summed E-state index contributed by atoms with van der Waals surface area (Å²) in [5, 5.41) is 0.450. The fourth-order valence-electron chi connectivity index (χ4n) is 1.31. The second-order valence-corrected chi connectivity index (χ2v) is 5.17. The topological polar surface area (TPSA) is 44.8 Å². The predicted octanol–water partition coefficient (Wildman–Crippen LogP) is 3.39. The Balaban J connectivity index is 2.98. The van der Waals surface area contributed by atoms with E-state index in [2.05, 4.69) is 4.74 Å². The third-order valence-corrected chi connectivity index (χ3v) is 4.27. The second-order valence-electron chi connectivity index (χ2n) is 3.25. The lowest BCUT2D eigenvalue weighted by Gasteiger charge is -2.25. The summed E-state index contributed by atoms with van der Waals surface area (Å²) in [7, 11) is 1.33. The van der Waals surface area contributed by atoms with Crippen LogP contribution in [0.4, 0.5) is 0 Å². The van der Waals surface area contributed by atoms with Crippen LogP contribution in [0.15, 0.2) is 23.1 Å². The second kappa shape index (κ2) is 7.63. The normalized spacial score (nSPS) is 11.2. The molecule has 0 saturated heterocycles. The molecule has 102 valence electrons. The Morgan fingerprint density at radius 1 is 1.28 bits per heavy atom. The third-order valence-electron chi connectivity index (χ3n) is 2.06. The molecule has 0 radical (unpaired) electrons. The van der Waals surface area contributed by atoms with Crippen LogP contribution in [-0.4, -0.2) is 26.3 Å². The fourth-order valence-corrected chi connectivity index (χ4v) is 2.96. The van der Waals surface area contributed by atoms with Crippen LogP contribution in [0.1, 0.15) is 24.2 Å². The van der Waals surface area contributed by atoms with Crippen molar-refractivity contribution >= 4 is 29.0 Å². The SMILES string of the molecule is CCO[SH](OCC)c1ccc(C(=O)OC)cc1Cl. The molecular weight excluding hydrogens is 276 g/mol. The van der Waals surface area contributed by atoms with E-state index in [1.807, 2.05) is 13.8 Å². The molecule has 18 heavy (non-hydrogen) atoms. The molecule has 4 nitrogen and oxygen atoms in total. The summed E-state index contributed by atoms with van der Waals surface area (Å²) in [4.78, 5) is 12.1. The summed E-state index contributed by atoms with van der Waals surface area (Å²) in [6, 6.07) is 4.96. The molecule has 0 fully saturated rings. The smallest absolute Gasteiger partial charge is 0.337 e. The van der Waals surface area contributed by atoms with Crippen molar-refractivity contribution in [3.05, 3.63) is 28.8 Å². The zero-order chi connectivity index (χ0) is 13.5. The van der Waals surface area contributed by atoms with Gasteiger partial charge in [-0.3, -0.25) is 8.37 Å². The van der Waals surface area contributed by atoms with Crippen LogP contribution in [0, 0.1) is 0 Å². The van der Waals surface area contributed by atoms with Gasteiger partial charge in [0.05, 0.1) is 35.8 Å². The van der Waals surface area contributed by atoms with E-state index in [9.17, 15) is 4.79 Å². The van der Waals surface area contributed by atoms with E-state index in [1.165, 1.54) is 7.11 Å². The van der Waals surface area contributed by atoms with Crippen LogP contribution < -0.4 is 0 Å². The number of methoxy groups -OCH3 is 1. The van der Waals surface area contributed by atoms with Crippen LogP contribution in [0.25, 0.3) is 0 Å². The van der Waals surface area contributed by atoms with Crippen LogP contribution in [0.5, 0.6) is 0 Å². The number of benzene rings is 1. The molecule has 0 aliphatic carbocycles. The standard InChI is InChI=1S/C12H17ClO4S/c1-4-16-18(17-5-2)11-7-6-9(8-10(11)13)12(14)15-3/h6-8,18H,4-5H2,1-3H3. The maximum Gasteiger partial charge on any atom is 0.337 e. The summed E-state index contributed by atoms with van der Waals surface area (Å²) in [5.41, 5.74) is 0.411. The molecule has 0 aromatic heterocycles. The van der Waals surface area contributed by atoms with Crippen molar-refractivity contribution < 1.29 is 17.9 Å². The maximum atomic E-state index is 11.4. The van der Waals surface area contributed by atoms with Gasteiger partial charge in [0, 0.05) is 0 Å². The van der Waals surface area contributed by atoms with E-state index in [4.69, 9.17) is 20.0 Å². The number of esters is 1. The minimum Gasteiger partial charge on any atom is -0.465 e. The highest BCUT2D eigenvalue weighted by Crippen LogP contribution is 2.42. The fraction of sp³-hybridized carbons (Fsp3) is 0.417. The van der Waals surface area contributed by atoms with Gasteiger partial charge in [0.25, 0.3) is 0 Å². The Kier molecular flexibility index (Phi) is 6.49. The lowest BCUT2D eigenvalue weighted by Crippen LogP contribution is -2.02. The molecule has 0 atom stereocenters.